The molecule has 1 aliphatic heterocycles. The number of ether oxygens (including phenoxy) is 1. The molecule has 2 N–H and O–H groups in total. The second-order valence-corrected chi connectivity index (χ2v) is 8.68. The summed E-state index contributed by atoms with van der Waals surface area (Å²) in [5.41, 5.74) is 4.28. The van der Waals surface area contributed by atoms with Crippen molar-refractivity contribution < 1.29 is 9.84 Å². The number of likely N-dealkylation sites (tertiary alicyclic amines) is 1. The predicted octanol–water partition coefficient (Wildman–Crippen LogP) is 3.23. The van der Waals surface area contributed by atoms with Crippen molar-refractivity contribution in [1.29, 1.82) is 0 Å². The SMILES string of the molecule is Cc1ccc(O[C@@H]2C[C@@H]3CN(Cc4c[nH]c5cnccc45)C[C@@H]3C[C@H]2O)c(C)n1. The molecule has 3 aromatic rings. The van der Waals surface area contributed by atoms with Gasteiger partial charge in [0.05, 0.1) is 23.5 Å². The van der Waals surface area contributed by atoms with Crippen molar-refractivity contribution in [2.75, 3.05) is 13.1 Å². The average Bonchev–Trinajstić information content (AvgIpc) is 3.28. The Labute approximate surface area is 170 Å². The van der Waals surface area contributed by atoms with Crippen LogP contribution in [0.15, 0.2) is 36.8 Å². The molecule has 2 fully saturated rings. The molecule has 0 amide bonds. The second kappa shape index (κ2) is 7.43. The van der Waals surface area contributed by atoms with Crippen molar-refractivity contribution in [2.24, 2.45) is 11.8 Å². The summed E-state index contributed by atoms with van der Waals surface area (Å²) in [5, 5.41) is 12.0. The highest BCUT2D eigenvalue weighted by Crippen LogP contribution is 2.39. The van der Waals surface area contributed by atoms with Gasteiger partial charge in [-0.1, -0.05) is 0 Å². The van der Waals surface area contributed by atoms with Gasteiger partial charge in [-0.25, -0.2) is 0 Å². The highest BCUT2D eigenvalue weighted by molar-refractivity contribution is 5.82. The molecular weight excluding hydrogens is 364 g/mol. The van der Waals surface area contributed by atoms with Crippen LogP contribution in [-0.2, 0) is 6.54 Å². The molecule has 5 rings (SSSR count). The Morgan fingerprint density at radius 2 is 2.00 bits per heavy atom. The topological polar surface area (TPSA) is 74.3 Å². The summed E-state index contributed by atoms with van der Waals surface area (Å²) in [5.74, 6) is 1.89. The summed E-state index contributed by atoms with van der Waals surface area (Å²) >= 11 is 0. The Balaban J connectivity index is 1.26. The maximum Gasteiger partial charge on any atom is 0.141 e. The molecule has 29 heavy (non-hydrogen) atoms. The number of aromatic nitrogens is 3. The van der Waals surface area contributed by atoms with E-state index in [1.807, 2.05) is 38.4 Å². The number of nitrogens with one attached hydrogen (secondary N) is 1. The largest absolute Gasteiger partial charge is 0.486 e. The first kappa shape index (κ1) is 18.6. The lowest BCUT2D eigenvalue weighted by Gasteiger charge is -2.35. The van der Waals surface area contributed by atoms with Gasteiger partial charge in [0.25, 0.3) is 0 Å². The van der Waals surface area contributed by atoms with E-state index in [0.29, 0.717) is 11.8 Å². The van der Waals surface area contributed by atoms with Crippen molar-refractivity contribution in [1.82, 2.24) is 19.9 Å². The third-order valence-electron chi connectivity index (χ3n) is 6.58. The van der Waals surface area contributed by atoms with E-state index in [0.717, 1.165) is 55.1 Å². The molecule has 1 saturated carbocycles. The fraction of sp³-hybridized carbons (Fsp3) is 0.478. The van der Waals surface area contributed by atoms with E-state index >= 15 is 0 Å². The Morgan fingerprint density at radius 1 is 1.17 bits per heavy atom. The monoisotopic (exact) mass is 392 g/mol. The zero-order chi connectivity index (χ0) is 20.0. The van der Waals surface area contributed by atoms with E-state index in [-0.39, 0.29) is 6.10 Å². The lowest BCUT2D eigenvalue weighted by molar-refractivity contribution is -0.0236. The first-order valence-corrected chi connectivity index (χ1v) is 10.5. The Bertz CT molecular complexity index is 1020. The van der Waals surface area contributed by atoms with Crippen molar-refractivity contribution in [3.05, 3.63) is 53.7 Å². The van der Waals surface area contributed by atoms with Crippen molar-refractivity contribution >= 4 is 10.9 Å². The van der Waals surface area contributed by atoms with Gasteiger partial charge in [0.2, 0.25) is 0 Å². The number of aliphatic hydroxyl groups is 1. The second-order valence-electron chi connectivity index (χ2n) is 8.68. The highest BCUT2D eigenvalue weighted by atomic mass is 16.5. The maximum absolute atomic E-state index is 10.7. The van der Waals surface area contributed by atoms with Gasteiger partial charge in [0.15, 0.2) is 0 Å². The molecule has 2 aliphatic rings. The van der Waals surface area contributed by atoms with Gasteiger partial charge < -0.3 is 14.8 Å². The number of fused-ring (bicyclic) bond motifs is 2. The number of hydrogen-bond acceptors (Lipinski definition) is 5. The number of rotatable bonds is 4. The summed E-state index contributed by atoms with van der Waals surface area (Å²) in [6, 6.07) is 6.02. The molecule has 6 heteroatoms. The number of pyridine rings is 2. The van der Waals surface area contributed by atoms with Crippen LogP contribution in [0.3, 0.4) is 0 Å². The Morgan fingerprint density at radius 3 is 2.83 bits per heavy atom. The molecule has 1 saturated heterocycles. The fourth-order valence-corrected chi connectivity index (χ4v) is 5.11. The van der Waals surface area contributed by atoms with Crippen LogP contribution >= 0.6 is 0 Å². The van der Waals surface area contributed by atoms with Gasteiger partial charge in [-0.2, -0.15) is 0 Å². The minimum Gasteiger partial charge on any atom is -0.486 e. The molecule has 3 aromatic heterocycles. The molecule has 0 radical (unpaired) electrons. The van der Waals surface area contributed by atoms with Crippen LogP contribution in [-0.4, -0.2) is 50.3 Å². The van der Waals surface area contributed by atoms with E-state index in [4.69, 9.17) is 4.74 Å². The zero-order valence-electron chi connectivity index (χ0n) is 17.0. The molecule has 0 unspecified atom stereocenters. The van der Waals surface area contributed by atoms with Crippen LogP contribution in [0.25, 0.3) is 10.9 Å². The summed E-state index contributed by atoms with van der Waals surface area (Å²) < 4.78 is 6.22. The van der Waals surface area contributed by atoms with E-state index in [2.05, 4.69) is 32.1 Å². The van der Waals surface area contributed by atoms with Crippen molar-refractivity contribution in [3.8, 4) is 5.75 Å². The predicted molar refractivity (Wildman–Crippen MR) is 112 cm³/mol. The number of H-pyrrole nitrogens is 1. The fourth-order valence-electron chi connectivity index (χ4n) is 5.11. The molecule has 6 nitrogen and oxygen atoms in total. The van der Waals surface area contributed by atoms with Crippen LogP contribution in [0.4, 0.5) is 0 Å². The van der Waals surface area contributed by atoms with Crippen LogP contribution in [0.2, 0.25) is 0 Å². The number of aromatic amines is 1. The Hall–Kier alpha value is -2.44. The molecule has 152 valence electrons. The number of aryl methyl sites for hydroxylation is 2. The van der Waals surface area contributed by atoms with Gasteiger partial charge in [0, 0.05) is 43.1 Å². The summed E-state index contributed by atoms with van der Waals surface area (Å²) in [7, 11) is 0. The number of hydrogen-bond donors (Lipinski definition) is 2. The minimum atomic E-state index is -0.420. The average molecular weight is 393 g/mol. The smallest absolute Gasteiger partial charge is 0.141 e. The van der Waals surface area contributed by atoms with Crippen molar-refractivity contribution in [2.45, 2.75) is 45.4 Å². The standard InChI is InChI=1S/C23H28N4O2/c1-14-3-4-22(15(2)26-14)29-23-8-17-12-27(11-16(17)7-21(23)28)13-18-9-25-20-10-24-6-5-19(18)20/h3-6,9-10,16-17,21,23,25,28H,7-8,11-13H2,1-2H3/t16-,17+,21+,23+/m0/s1. The third kappa shape index (κ3) is 3.63. The van der Waals surface area contributed by atoms with Crippen LogP contribution < -0.4 is 4.74 Å². The lowest BCUT2D eigenvalue weighted by atomic mass is 9.78. The number of nitrogens with zero attached hydrogens (tertiary/aromatic N) is 3. The van der Waals surface area contributed by atoms with Crippen LogP contribution in [0.5, 0.6) is 5.75 Å². The van der Waals surface area contributed by atoms with E-state index < -0.39 is 6.10 Å². The highest BCUT2D eigenvalue weighted by Gasteiger charge is 2.42. The van der Waals surface area contributed by atoms with Gasteiger partial charge in [-0.3, -0.25) is 14.9 Å². The summed E-state index contributed by atoms with van der Waals surface area (Å²) in [6.07, 6.45) is 6.96. The lowest BCUT2D eigenvalue weighted by Crippen LogP contribution is -2.42. The van der Waals surface area contributed by atoms with Crippen molar-refractivity contribution in [3.63, 3.8) is 0 Å². The molecule has 4 atom stereocenters. The van der Waals surface area contributed by atoms with Gasteiger partial charge >= 0.3 is 0 Å². The van der Waals surface area contributed by atoms with Gasteiger partial charge in [-0.15, -0.1) is 0 Å². The first-order valence-electron chi connectivity index (χ1n) is 10.5. The van der Waals surface area contributed by atoms with Gasteiger partial charge in [-0.05, 0) is 62.3 Å². The van der Waals surface area contributed by atoms with E-state index in [9.17, 15) is 5.11 Å². The molecule has 0 bridgehead atoms. The van der Waals surface area contributed by atoms with E-state index in [1.165, 1.54) is 10.9 Å². The summed E-state index contributed by atoms with van der Waals surface area (Å²) in [4.78, 5) is 14.5. The summed E-state index contributed by atoms with van der Waals surface area (Å²) in [6.45, 7) is 6.97. The van der Waals surface area contributed by atoms with Crippen LogP contribution in [0, 0.1) is 25.7 Å². The first-order chi connectivity index (χ1) is 14.1. The molecule has 0 aromatic carbocycles. The minimum absolute atomic E-state index is 0.154. The van der Waals surface area contributed by atoms with Crippen LogP contribution in [0.1, 0.15) is 29.8 Å². The van der Waals surface area contributed by atoms with Gasteiger partial charge in [0.1, 0.15) is 11.9 Å². The normalized spacial score (nSPS) is 27.3. The zero-order valence-corrected chi connectivity index (χ0v) is 17.0. The quantitative estimate of drug-likeness (QED) is 0.713. The molecule has 4 heterocycles. The molecule has 0 spiro atoms. The Kier molecular flexibility index (Phi) is 4.76. The third-order valence-corrected chi connectivity index (χ3v) is 6.58. The maximum atomic E-state index is 10.7. The number of aliphatic hydroxyl groups excluding tert-OH is 1. The molecular formula is C23H28N4O2. The molecule has 1 aliphatic carbocycles. The van der Waals surface area contributed by atoms with E-state index in [1.54, 1.807) is 0 Å².